The number of carbonyl (C=O) groups excluding carboxylic acids is 1. The molecule has 0 radical (unpaired) electrons. The molecular weight excluding hydrogens is 350 g/mol. The van der Waals surface area contributed by atoms with Crippen molar-refractivity contribution in [2.24, 2.45) is 0 Å². The van der Waals surface area contributed by atoms with Crippen molar-refractivity contribution in [1.29, 1.82) is 0 Å². The monoisotopic (exact) mass is 360 g/mol. The minimum atomic E-state index is -0.274. The molecule has 2 rings (SSSR count). The van der Waals surface area contributed by atoms with Crippen LogP contribution in [0.5, 0.6) is 0 Å². The summed E-state index contributed by atoms with van der Waals surface area (Å²) in [7, 11) is 0. The van der Waals surface area contributed by atoms with Gasteiger partial charge < -0.3 is 0 Å². The first-order valence-electron chi connectivity index (χ1n) is 6.19. The normalized spacial score (nSPS) is 10.8. The Bertz CT molecular complexity index is 701. The quantitative estimate of drug-likeness (QED) is 0.443. The van der Waals surface area contributed by atoms with Crippen molar-refractivity contribution in [3.05, 3.63) is 66.1 Å². The highest BCUT2D eigenvalue weighted by molar-refractivity contribution is 6.50. The van der Waals surface area contributed by atoms with Gasteiger partial charge in [0.2, 0.25) is 0 Å². The van der Waals surface area contributed by atoms with Gasteiger partial charge in [0.1, 0.15) is 0 Å². The third-order valence-electron chi connectivity index (χ3n) is 3.24. The Kier molecular flexibility index (Phi) is 4.89. The van der Waals surface area contributed by atoms with Gasteiger partial charge in [-0.2, -0.15) is 0 Å². The van der Waals surface area contributed by atoms with Crippen molar-refractivity contribution in [2.75, 3.05) is 0 Å². The van der Waals surface area contributed by atoms with Gasteiger partial charge >= 0.3 is 0 Å². The molecule has 0 saturated carbocycles. The highest BCUT2D eigenvalue weighted by Gasteiger charge is 2.24. The number of benzene rings is 2. The van der Waals surface area contributed by atoms with E-state index < -0.39 is 0 Å². The average Bonchev–Trinajstić information content (AvgIpc) is 2.35. The van der Waals surface area contributed by atoms with Crippen molar-refractivity contribution in [2.45, 2.75) is 20.8 Å². The van der Waals surface area contributed by atoms with Crippen molar-refractivity contribution in [3.8, 4) is 0 Å². The second kappa shape index (κ2) is 6.18. The van der Waals surface area contributed by atoms with E-state index in [1.807, 2.05) is 32.9 Å². The lowest BCUT2D eigenvalue weighted by Crippen LogP contribution is -2.09. The third kappa shape index (κ3) is 3.07. The first-order valence-corrected chi connectivity index (χ1v) is 7.70. The molecule has 0 N–H and O–H groups in total. The summed E-state index contributed by atoms with van der Waals surface area (Å²) in [5.74, 6) is -0.274. The largest absolute Gasteiger partial charge is 0.288 e. The first kappa shape index (κ1) is 16.6. The van der Waals surface area contributed by atoms with E-state index in [9.17, 15) is 4.79 Å². The zero-order valence-electron chi connectivity index (χ0n) is 11.7. The predicted molar refractivity (Wildman–Crippen MR) is 90.6 cm³/mol. The fourth-order valence-electron chi connectivity index (χ4n) is 2.44. The number of rotatable bonds is 2. The van der Waals surface area contributed by atoms with Gasteiger partial charge in [0.05, 0.1) is 25.7 Å². The van der Waals surface area contributed by atoms with E-state index in [1.54, 1.807) is 0 Å². The van der Waals surface area contributed by atoms with E-state index in [1.165, 1.54) is 6.07 Å². The number of halogens is 4. The number of hydrogen-bond donors (Lipinski definition) is 0. The number of aryl methyl sites for hydroxylation is 3. The minimum Gasteiger partial charge on any atom is -0.288 e. The Hall–Kier alpha value is -0.730. The summed E-state index contributed by atoms with van der Waals surface area (Å²) in [6, 6.07) is 5.31. The number of ketones is 1. The van der Waals surface area contributed by atoms with E-state index in [-0.39, 0.29) is 31.4 Å². The Morgan fingerprint density at radius 2 is 1.19 bits per heavy atom. The average molecular weight is 362 g/mol. The van der Waals surface area contributed by atoms with Crippen LogP contribution in [0.25, 0.3) is 0 Å². The van der Waals surface area contributed by atoms with Gasteiger partial charge in [0, 0.05) is 5.56 Å². The van der Waals surface area contributed by atoms with Gasteiger partial charge in [0.25, 0.3) is 0 Å². The fraction of sp³-hybridized carbons (Fsp3) is 0.188. The molecule has 0 aliphatic rings. The summed E-state index contributed by atoms with van der Waals surface area (Å²) >= 11 is 24.3. The lowest BCUT2D eigenvalue weighted by Gasteiger charge is -2.14. The van der Waals surface area contributed by atoms with Crippen LogP contribution in [-0.4, -0.2) is 5.78 Å². The maximum absolute atomic E-state index is 12.9. The third-order valence-corrected chi connectivity index (χ3v) is 4.82. The summed E-state index contributed by atoms with van der Waals surface area (Å²) < 4.78 is 0. The zero-order valence-corrected chi connectivity index (χ0v) is 14.7. The molecule has 0 aliphatic heterocycles. The molecule has 0 heterocycles. The Morgan fingerprint density at radius 3 is 1.62 bits per heavy atom. The second-order valence-electron chi connectivity index (χ2n) is 4.95. The van der Waals surface area contributed by atoms with E-state index in [2.05, 4.69) is 0 Å². The van der Waals surface area contributed by atoms with Crippen LogP contribution in [0.1, 0.15) is 32.6 Å². The molecule has 5 heteroatoms. The van der Waals surface area contributed by atoms with Crippen LogP contribution in [0.2, 0.25) is 20.1 Å². The van der Waals surface area contributed by atoms with Crippen molar-refractivity contribution < 1.29 is 4.79 Å². The van der Waals surface area contributed by atoms with E-state index in [4.69, 9.17) is 46.4 Å². The zero-order chi connectivity index (χ0) is 15.9. The summed E-state index contributed by atoms with van der Waals surface area (Å²) in [5.41, 5.74) is 3.53. The molecule has 0 saturated heterocycles. The standard InChI is InChI=1S/C16H12Cl4O/c1-7-4-8(2)12(9(3)5-7)16(21)13-14(19)10(17)6-11(18)15(13)20/h4-6H,1-3H3. The van der Waals surface area contributed by atoms with Crippen LogP contribution in [0, 0.1) is 20.8 Å². The van der Waals surface area contributed by atoms with Gasteiger partial charge in [-0.1, -0.05) is 64.1 Å². The van der Waals surface area contributed by atoms with Gasteiger partial charge in [-0.05, 0) is 38.0 Å². The molecule has 0 atom stereocenters. The number of hydrogen-bond acceptors (Lipinski definition) is 1. The molecule has 0 aromatic heterocycles. The van der Waals surface area contributed by atoms with Crippen molar-refractivity contribution in [3.63, 3.8) is 0 Å². The molecule has 2 aromatic rings. The maximum Gasteiger partial charge on any atom is 0.196 e. The van der Waals surface area contributed by atoms with Crippen LogP contribution < -0.4 is 0 Å². The molecule has 110 valence electrons. The molecule has 0 unspecified atom stereocenters. The topological polar surface area (TPSA) is 17.1 Å². The summed E-state index contributed by atoms with van der Waals surface area (Å²) in [6.07, 6.45) is 0. The molecule has 0 amide bonds. The SMILES string of the molecule is Cc1cc(C)c(C(=O)c2c(Cl)c(Cl)cc(Cl)c2Cl)c(C)c1. The van der Waals surface area contributed by atoms with Crippen molar-refractivity contribution in [1.82, 2.24) is 0 Å². The molecule has 0 aliphatic carbocycles. The molecule has 0 spiro atoms. The van der Waals surface area contributed by atoms with Crippen LogP contribution in [-0.2, 0) is 0 Å². The predicted octanol–water partition coefficient (Wildman–Crippen LogP) is 6.46. The Labute approximate surface area is 143 Å². The molecule has 0 bridgehead atoms. The van der Waals surface area contributed by atoms with Gasteiger partial charge in [-0.15, -0.1) is 0 Å². The van der Waals surface area contributed by atoms with E-state index in [0.29, 0.717) is 5.56 Å². The van der Waals surface area contributed by atoms with Crippen molar-refractivity contribution >= 4 is 52.2 Å². The Morgan fingerprint density at radius 1 is 0.762 bits per heavy atom. The Balaban J connectivity index is 2.72. The van der Waals surface area contributed by atoms with Crippen LogP contribution in [0.3, 0.4) is 0 Å². The second-order valence-corrected chi connectivity index (χ2v) is 6.52. The molecule has 21 heavy (non-hydrogen) atoms. The number of carbonyl (C=O) groups is 1. The van der Waals surface area contributed by atoms with Gasteiger partial charge in [-0.3, -0.25) is 4.79 Å². The smallest absolute Gasteiger partial charge is 0.196 e. The summed E-state index contributed by atoms with van der Waals surface area (Å²) in [4.78, 5) is 12.9. The lowest BCUT2D eigenvalue weighted by molar-refractivity contribution is 0.103. The van der Waals surface area contributed by atoms with Crippen LogP contribution in [0.15, 0.2) is 18.2 Å². The molecular formula is C16H12Cl4O. The van der Waals surface area contributed by atoms with Crippen LogP contribution in [0.4, 0.5) is 0 Å². The summed E-state index contributed by atoms with van der Waals surface area (Å²) in [5, 5.41) is 0.652. The minimum absolute atomic E-state index is 0.121. The fourth-order valence-corrected chi connectivity index (χ4v) is 3.42. The lowest BCUT2D eigenvalue weighted by atomic mass is 9.93. The van der Waals surface area contributed by atoms with Crippen LogP contribution >= 0.6 is 46.4 Å². The van der Waals surface area contributed by atoms with E-state index >= 15 is 0 Å². The highest BCUT2D eigenvalue weighted by Crippen LogP contribution is 2.39. The van der Waals surface area contributed by atoms with E-state index in [0.717, 1.165) is 16.7 Å². The maximum atomic E-state index is 12.9. The molecule has 0 fully saturated rings. The summed E-state index contributed by atoms with van der Waals surface area (Å²) in [6.45, 7) is 5.73. The molecule has 1 nitrogen and oxygen atoms in total. The van der Waals surface area contributed by atoms with Gasteiger partial charge in [0.15, 0.2) is 5.78 Å². The first-order chi connectivity index (χ1) is 9.73. The highest BCUT2D eigenvalue weighted by atomic mass is 35.5. The molecule has 2 aromatic carbocycles. The van der Waals surface area contributed by atoms with Gasteiger partial charge in [-0.25, -0.2) is 0 Å².